The van der Waals surface area contributed by atoms with Crippen molar-refractivity contribution in [3.05, 3.63) is 52.5 Å². The molecule has 318 valence electrons. The van der Waals surface area contributed by atoms with E-state index in [2.05, 4.69) is 24.5 Å². The van der Waals surface area contributed by atoms with Crippen LogP contribution in [0.4, 0.5) is 4.79 Å². The summed E-state index contributed by atoms with van der Waals surface area (Å²) < 4.78 is 36.5. The van der Waals surface area contributed by atoms with Crippen molar-refractivity contribution in [1.29, 1.82) is 0 Å². The smallest absolute Gasteiger partial charge is 0.489 e. The second-order valence-electron chi connectivity index (χ2n) is 18.1. The van der Waals surface area contributed by atoms with Crippen LogP contribution in [0, 0.1) is 22.7 Å². The number of esters is 1. The molecule has 0 aromatic heterocycles. The number of urea groups is 1. The highest BCUT2D eigenvalue weighted by Crippen LogP contribution is 2.66. The first kappa shape index (κ1) is 42.6. The first-order chi connectivity index (χ1) is 27.8. The molecule has 3 saturated heterocycles. The van der Waals surface area contributed by atoms with Crippen molar-refractivity contribution in [2.24, 2.45) is 22.7 Å². The van der Waals surface area contributed by atoms with Gasteiger partial charge in [0.05, 0.1) is 50.6 Å². The van der Waals surface area contributed by atoms with Crippen molar-refractivity contribution in [3.63, 3.8) is 0 Å². The topological polar surface area (TPSA) is 171 Å². The Morgan fingerprint density at radius 1 is 0.983 bits per heavy atom. The minimum atomic E-state index is -1.62. The van der Waals surface area contributed by atoms with Gasteiger partial charge in [-0.05, 0) is 73.5 Å². The molecule has 59 heavy (non-hydrogen) atoms. The number of halogens is 1. The second-order valence-corrected chi connectivity index (χ2v) is 18.5. The molecule has 6 fully saturated rings. The monoisotopic (exact) mass is 836 g/mol. The third-order valence-corrected chi connectivity index (χ3v) is 14.2. The molecule has 1 unspecified atom stereocenters. The van der Waals surface area contributed by atoms with E-state index in [0.29, 0.717) is 31.1 Å². The summed E-state index contributed by atoms with van der Waals surface area (Å²) in [4.78, 5) is 72.1. The van der Waals surface area contributed by atoms with Crippen molar-refractivity contribution in [2.45, 2.75) is 96.5 Å². The fourth-order valence-electron chi connectivity index (χ4n) is 9.97. The number of nitrogens with one attached hydrogen (secondary N) is 2. The Balaban J connectivity index is 1.29. The molecule has 6 aliphatic rings. The number of benzene rings is 2. The summed E-state index contributed by atoms with van der Waals surface area (Å²) in [6.45, 7) is 12.1. The third-order valence-electron chi connectivity index (χ3n) is 13.9. The summed E-state index contributed by atoms with van der Waals surface area (Å²) in [5.74, 6) is -2.06. The molecule has 2 bridgehead atoms. The van der Waals surface area contributed by atoms with E-state index in [9.17, 15) is 19.2 Å². The molecule has 3 saturated carbocycles. The molecule has 17 heteroatoms. The first-order valence-electron chi connectivity index (χ1n) is 20.1. The van der Waals surface area contributed by atoms with E-state index in [1.807, 2.05) is 27.7 Å². The number of nitrogens with zero attached hydrogens (tertiary/aromatic N) is 2. The zero-order chi connectivity index (χ0) is 42.8. The Labute approximate surface area is 350 Å². The molecule has 2 N–H and O–H groups in total. The molecule has 3 aliphatic carbocycles. The van der Waals surface area contributed by atoms with Gasteiger partial charge in [-0.3, -0.25) is 19.3 Å². The SMILES string of the molecule is COc1ccccc1C(=O)OC[C@@](NC(=O)C(NC(=O)N1C[C@H]2CCCN2C(=O)C1=O)c1ccc(OC)c(OC)c1Cl)(B1O[C@@H]2C[C@@H]3C[C@@H](C3(C)C)[C@]2(C)O1)C(C)(C)C. The van der Waals surface area contributed by atoms with E-state index in [1.54, 1.807) is 24.3 Å². The van der Waals surface area contributed by atoms with Crippen molar-refractivity contribution in [3.8, 4) is 17.2 Å². The molecule has 2 aromatic carbocycles. The number of rotatable bonds is 11. The van der Waals surface area contributed by atoms with Crippen molar-refractivity contribution >= 4 is 48.4 Å². The largest absolute Gasteiger partial charge is 0.496 e. The average molecular weight is 837 g/mol. The number of ether oxygens (including phenoxy) is 4. The normalized spacial score (nSPS) is 27.1. The minimum absolute atomic E-state index is 0.00415. The second kappa shape index (κ2) is 15.5. The number of fused-ring (bicyclic) bond motifs is 1. The van der Waals surface area contributed by atoms with E-state index in [4.69, 9.17) is 39.9 Å². The van der Waals surface area contributed by atoms with Crippen LogP contribution in [0.25, 0.3) is 0 Å². The molecule has 3 heterocycles. The Kier molecular flexibility index (Phi) is 11.2. The van der Waals surface area contributed by atoms with Crippen molar-refractivity contribution in [1.82, 2.24) is 20.4 Å². The maximum atomic E-state index is 15.3. The maximum absolute atomic E-state index is 15.3. The van der Waals surface area contributed by atoms with Crippen LogP contribution in [0.2, 0.25) is 5.02 Å². The van der Waals surface area contributed by atoms with Gasteiger partial charge in [-0.2, -0.15) is 0 Å². The van der Waals surface area contributed by atoms with Crippen LogP contribution in [0.15, 0.2) is 36.4 Å². The molecular formula is C42H54BClN4O11. The number of hydrogen-bond acceptors (Lipinski definition) is 11. The Bertz CT molecular complexity index is 2040. The van der Waals surface area contributed by atoms with Crippen LogP contribution in [0.1, 0.15) is 89.2 Å². The number of imide groups is 1. The fourth-order valence-corrected chi connectivity index (χ4v) is 10.3. The fraction of sp³-hybridized carbons (Fsp3) is 0.595. The molecule has 8 rings (SSSR count). The Hall–Kier alpha value is -4.54. The van der Waals surface area contributed by atoms with E-state index in [1.165, 1.54) is 38.4 Å². The summed E-state index contributed by atoms with van der Waals surface area (Å²) in [5, 5.41) is 5.82. The first-order valence-corrected chi connectivity index (χ1v) is 20.5. The predicted octanol–water partition coefficient (Wildman–Crippen LogP) is 4.98. The number of amides is 5. The summed E-state index contributed by atoms with van der Waals surface area (Å²) in [5.41, 5.74) is -3.05. The van der Waals surface area contributed by atoms with Gasteiger partial charge < -0.3 is 43.8 Å². The summed E-state index contributed by atoms with van der Waals surface area (Å²) >= 11 is 6.95. The van der Waals surface area contributed by atoms with Gasteiger partial charge in [-0.1, -0.05) is 64.4 Å². The number of carbonyl (C=O) groups excluding carboxylic acids is 5. The lowest BCUT2D eigenvalue weighted by Gasteiger charge is -2.64. The number of methoxy groups -OCH3 is 3. The van der Waals surface area contributed by atoms with E-state index in [0.717, 1.165) is 17.7 Å². The molecule has 2 aromatic rings. The number of carbonyl (C=O) groups is 5. The van der Waals surface area contributed by atoms with Gasteiger partial charge in [0.2, 0.25) is 5.91 Å². The maximum Gasteiger partial charge on any atom is 0.489 e. The average Bonchev–Trinajstić information content (AvgIpc) is 3.83. The summed E-state index contributed by atoms with van der Waals surface area (Å²) in [6, 6.07) is 6.76. The molecule has 3 aliphatic heterocycles. The van der Waals surface area contributed by atoms with Gasteiger partial charge in [-0.15, -0.1) is 0 Å². The van der Waals surface area contributed by atoms with Gasteiger partial charge >= 0.3 is 30.9 Å². The van der Waals surface area contributed by atoms with Gasteiger partial charge in [-0.25, -0.2) is 9.59 Å². The Morgan fingerprint density at radius 3 is 2.36 bits per heavy atom. The zero-order valence-electron chi connectivity index (χ0n) is 35.1. The van der Waals surface area contributed by atoms with Crippen LogP contribution in [0.5, 0.6) is 17.2 Å². The minimum Gasteiger partial charge on any atom is -0.496 e. The van der Waals surface area contributed by atoms with Crippen LogP contribution in [0.3, 0.4) is 0 Å². The molecule has 15 nitrogen and oxygen atoms in total. The highest BCUT2D eigenvalue weighted by atomic mass is 35.5. The number of piperazine rings is 1. The van der Waals surface area contributed by atoms with Gasteiger partial charge in [0.25, 0.3) is 0 Å². The lowest BCUT2D eigenvalue weighted by Crippen LogP contribution is -2.71. The van der Waals surface area contributed by atoms with E-state index < -0.39 is 65.9 Å². The summed E-state index contributed by atoms with van der Waals surface area (Å²) in [7, 11) is 3.12. The van der Waals surface area contributed by atoms with Crippen LogP contribution < -0.4 is 24.8 Å². The lowest BCUT2D eigenvalue weighted by atomic mass is 9.43. The highest BCUT2D eigenvalue weighted by molar-refractivity contribution is 6.50. The molecule has 0 radical (unpaired) electrons. The lowest BCUT2D eigenvalue weighted by molar-refractivity contribution is -0.199. The molecular weight excluding hydrogens is 783 g/mol. The molecule has 0 spiro atoms. The van der Waals surface area contributed by atoms with Crippen LogP contribution in [-0.2, 0) is 28.4 Å². The van der Waals surface area contributed by atoms with E-state index >= 15 is 4.79 Å². The van der Waals surface area contributed by atoms with Crippen LogP contribution >= 0.6 is 11.6 Å². The summed E-state index contributed by atoms with van der Waals surface area (Å²) in [6.07, 6.45) is 2.71. The highest BCUT2D eigenvalue weighted by Gasteiger charge is 2.72. The van der Waals surface area contributed by atoms with Gasteiger partial charge in [0, 0.05) is 12.1 Å². The van der Waals surface area contributed by atoms with Crippen LogP contribution in [-0.4, -0.2) is 111 Å². The zero-order valence-corrected chi connectivity index (χ0v) is 35.9. The standard InChI is InChI=1S/C42H54BClN4O11/c1-39(2,3)42(22-57-37(52)25-14-10-11-15-27(25)54-7,43-58-30-20-23-19-29(40(23,4)5)41(30,6)59-43)46-34(49)32(26-16-17-28(55-8)33(56-9)31(26)44)45-38(53)48-21-24-13-12-18-47(24)35(50)36(48)51/h10-11,14-17,23-24,29-30,32H,12-13,18-22H2,1-9H3,(H,45,53)(H,46,49)/t23-,24+,29-,30+,32?,41-,42-/m0/s1. The van der Waals surface area contributed by atoms with Gasteiger partial charge in [0.15, 0.2) is 11.5 Å². The number of hydrogen-bond donors (Lipinski definition) is 2. The van der Waals surface area contributed by atoms with Crippen molar-refractivity contribution in [2.75, 3.05) is 41.0 Å². The molecule has 7 atom stereocenters. The predicted molar refractivity (Wildman–Crippen MR) is 216 cm³/mol. The van der Waals surface area contributed by atoms with Crippen molar-refractivity contribution < 1.29 is 52.2 Å². The van der Waals surface area contributed by atoms with Gasteiger partial charge in [0.1, 0.15) is 29.4 Å². The number of para-hydroxylation sites is 1. The third kappa shape index (κ3) is 6.98. The Morgan fingerprint density at radius 2 is 1.69 bits per heavy atom. The van der Waals surface area contributed by atoms with E-state index in [-0.39, 0.29) is 57.7 Å². The quantitative estimate of drug-likeness (QED) is 0.178. The molecule has 5 amide bonds.